The number of hydrogen-bond acceptors (Lipinski definition) is 3. The van der Waals surface area contributed by atoms with Crippen LogP contribution in [0.3, 0.4) is 0 Å². The minimum absolute atomic E-state index is 0.0565. The van der Waals surface area contributed by atoms with Gasteiger partial charge in [-0.2, -0.15) is 0 Å². The zero-order chi connectivity index (χ0) is 13.2. The van der Waals surface area contributed by atoms with Crippen molar-refractivity contribution >= 4 is 0 Å². The Morgan fingerprint density at radius 3 is 2.74 bits per heavy atom. The van der Waals surface area contributed by atoms with E-state index in [2.05, 4.69) is 18.2 Å². The van der Waals surface area contributed by atoms with Crippen LogP contribution in [0.5, 0.6) is 5.75 Å². The maximum absolute atomic E-state index is 6.05. The topological polar surface area (TPSA) is 44.5 Å². The lowest BCUT2D eigenvalue weighted by Gasteiger charge is -2.41. The highest BCUT2D eigenvalue weighted by molar-refractivity contribution is 5.37. The first-order valence-electron chi connectivity index (χ1n) is 7.43. The van der Waals surface area contributed by atoms with Gasteiger partial charge in [-0.25, -0.2) is 0 Å². The molecule has 3 atom stereocenters. The van der Waals surface area contributed by atoms with Crippen LogP contribution in [0.1, 0.15) is 37.3 Å². The fourth-order valence-electron chi connectivity index (χ4n) is 3.11. The molecular weight excluding hydrogens is 238 g/mol. The predicted octanol–water partition coefficient (Wildman–Crippen LogP) is 2.45. The summed E-state index contributed by atoms with van der Waals surface area (Å²) in [5.41, 5.74) is 8.91. The predicted molar refractivity (Wildman–Crippen MR) is 75.5 cm³/mol. The van der Waals surface area contributed by atoms with Crippen molar-refractivity contribution in [3.8, 4) is 5.75 Å². The van der Waals surface area contributed by atoms with Gasteiger partial charge in [0.1, 0.15) is 18.0 Å². The lowest BCUT2D eigenvalue weighted by Crippen LogP contribution is -2.59. The van der Waals surface area contributed by atoms with E-state index in [0.29, 0.717) is 6.61 Å². The fraction of sp³-hybridized carbons (Fsp3) is 0.625. The molecule has 1 fully saturated rings. The van der Waals surface area contributed by atoms with Gasteiger partial charge in [0.25, 0.3) is 0 Å². The number of rotatable bonds is 4. The molecule has 0 aromatic heterocycles. The lowest BCUT2D eigenvalue weighted by molar-refractivity contribution is -0.0945. The van der Waals surface area contributed by atoms with Gasteiger partial charge in [-0.05, 0) is 55.9 Å². The highest BCUT2D eigenvalue weighted by Crippen LogP contribution is 2.30. The molecule has 0 radical (unpaired) electrons. The van der Waals surface area contributed by atoms with Crippen molar-refractivity contribution in [3.05, 3.63) is 29.3 Å². The molecule has 3 unspecified atom stereocenters. The SMILES string of the molecule is CCOC1C(N)CC1Oc1ccc2c(c1)CCCC2. The van der Waals surface area contributed by atoms with E-state index < -0.39 is 0 Å². The minimum Gasteiger partial charge on any atom is -0.488 e. The lowest BCUT2D eigenvalue weighted by atomic mass is 9.86. The average Bonchev–Trinajstić information content (AvgIpc) is 2.44. The van der Waals surface area contributed by atoms with E-state index in [-0.39, 0.29) is 18.2 Å². The maximum Gasteiger partial charge on any atom is 0.128 e. The highest BCUT2D eigenvalue weighted by Gasteiger charge is 2.41. The summed E-state index contributed by atoms with van der Waals surface area (Å²) in [5.74, 6) is 0.974. The van der Waals surface area contributed by atoms with Gasteiger partial charge in [0.15, 0.2) is 0 Å². The first-order chi connectivity index (χ1) is 9.28. The third kappa shape index (κ3) is 2.63. The second-order valence-corrected chi connectivity index (χ2v) is 5.61. The van der Waals surface area contributed by atoms with Gasteiger partial charge in [-0.3, -0.25) is 0 Å². The van der Waals surface area contributed by atoms with Crippen LogP contribution in [0.2, 0.25) is 0 Å². The standard InChI is InChI=1S/C16H23NO2/c1-2-18-16-14(17)10-15(16)19-13-8-7-11-5-3-4-6-12(11)9-13/h7-9,14-16H,2-6,10,17H2,1H3. The molecule has 0 spiro atoms. The molecule has 2 N–H and O–H groups in total. The normalized spacial score (nSPS) is 29.5. The molecule has 0 aliphatic heterocycles. The summed E-state index contributed by atoms with van der Waals surface area (Å²) < 4.78 is 11.7. The summed E-state index contributed by atoms with van der Waals surface area (Å²) in [6.07, 6.45) is 6.08. The molecule has 0 amide bonds. The molecule has 2 aliphatic carbocycles. The van der Waals surface area contributed by atoms with E-state index in [1.165, 1.54) is 36.8 Å². The molecule has 2 aliphatic rings. The van der Waals surface area contributed by atoms with Crippen molar-refractivity contribution in [1.82, 2.24) is 0 Å². The molecule has 0 saturated heterocycles. The van der Waals surface area contributed by atoms with E-state index in [0.717, 1.165) is 12.2 Å². The largest absolute Gasteiger partial charge is 0.488 e. The third-order valence-electron chi connectivity index (χ3n) is 4.26. The van der Waals surface area contributed by atoms with Gasteiger partial charge in [-0.1, -0.05) is 6.07 Å². The number of hydrogen-bond donors (Lipinski definition) is 1. The van der Waals surface area contributed by atoms with E-state index >= 15 is 0 Å². The molecule has 0 heterocycles. The van der Waals surface area contributed by atoms with Gasteiger partial charge in [0, 0.05) is 19.1 Å². The van der Waals surface area contributed by atoms with E-state index in [1.54, 1.807) is 0 Å². The van der Waals surface area contributed by atoms with Crippen LogP contribution in [0.4, 0.5) is 0 Å². The van der Waals surface area contributed by atoms with Crippen LogP contribution >= 0.6 is 0 Å². The fourth-order valence-corrected chi connectivity index (χ4v) is 3.11. The maximum atomic E-state index is 6.05. The number of nitrogens with two attached hydrogens (primary N) is 1. The Labute approximate surface area is 115 Å². The van der Waals surface area contributed by atoms with Crippen LogP contribution in [0.15, 0.2) is 18.2 Å². The van der Waals surface area contributed by atoms with Crippen LogP contribution in [0.25, 0.3) is 0 Å². The van der Waals surface area contributed by atoms with Crippen molar-refractivity contribution in [2.24, 2.45) is 5.73 Å². The van der Waals surface area contributed by atoms with Gasteiger partial charge < -0.3 is 15.2 Å². The molecule has 104 valence electrons. The van der Waals surface area contributed by atoms with E-state index in [4.69, 9.17) is 15.2 Å². The first kappa shape index (κ1) is 12.9. The summed E-state index contributed by atoms with van der Waals surface area (Å²) >= 11 is 0. The van der Waals surface area contributed by atoms with Gasteiger partial charge in [-0.15, -0.1) is 0 Å². The smallest absolute Gasteiger partial charge is 0.128 e. The Hall–Kier alpha value is -1.06. The second-order valence-electron chi connectivity index (χ2n) is 5.61. The molecule has 0 bridgehead atoms. The summed E-state index contributed by atoms with van der Waals surface area (Å²) in [7, 11) is 0. The highest BCUT2D eigenvalue weighted by atomic mass is 16.5. The van der Waals surface area contributed by atoms with Crippen molar-refractivity contribution in [3.63, 3.8) is 0 Å². The van der Waals surface area contributed by atoms with E-state index in [9.17, 15) is 0 Å². The molecule has 3 nitrogen and oxygen atoms in total. The van der Waals surface area contributed by atoms with E-state index in [1.807, 2.05) is 6.92 Å². The molecule has 1 aromatic carbocycles. The molecule has 19 heavy (non-hydrogen) atoms. The van der Waals surface area contributed by atoms with Crippen molar-refractivity contribution in [2.45, 2.75) is 57.3 Å². The number of benzene rings is 1. The Morgan fingerprint density at radius 1 is 1.21 bits per heavy atom. The summed E-state index contributed by atoms with van der Waals surface area (Å²) in [6.45, 7) is 2.70. The van der Waals surface area contributed by atoms with Gasteiger partial charge in [0.05, 0.1) is 0 Å². The summed E-state index contributed by atoms with van der Waals surface area (Å²) in [4.78, 5) is 0. The number of ether oxygens (including phenoxy) is 2. The molecule has 1 aromatic rings. The Kier molecular flexibility index (Phi) is 3.76. The average molecular weight is 261 g/mol. The third-order valence-corrected chi connectivity index (χ3v) is 4.26. The molecule has 1 saturated carbocycles. The summed E-state index contributed by atoms with van der Waals surface area (Å²) in [5, 5.41) is 0. The van der Waals surface area contributed by atoms with Crippen molar-refractivity contribution in [2.75, 3.05) is 6.61 Å². The Balaban J connectivity index is 1.67. The summed E-state index contributed by atoms with van der Waals surface area (Å²) in [6, 6.07) is 6.65. The second kappa shape index (κ2) is 5.51. The molecule has 3 heteroatoms. The van der Waals surface area contributed by atoms with Crippen LogP contribution in [0, 0.1) is 0 Å². The number of aryl methyl sites for hydroxylation is 2. The van der Waals surface area contributed by atoms with Crippen LogP contribution < -0.4 is 10.5 Å². The van der Waals surface area contributed by atoms with Crippen molar-refractivity contribution < 1.29 is 9.47 Å². The zero-order valence-corrected chi connectivity index (χ0v) is 11.6. The van der Waals surface area contributed by atoms with Crippen LogP contribution in [-0.2, 0) is 17.6 Å². The Bertz CT molecular complexity index is 446. The molecule has 3 rings (SSSR count). The Morgan fingerprint density at radius 2 is 2.00 bits per heavy atom. The van der Waals surface area contributed by atoms with Crippen LogP contribution in [-0.4, -0.2) is 24.9 Å². The zero-order valence-electron chi connectivity index (χ0n) is 11.6. The van der Waals surface area contributed by atoms with Gasteiger partial charge in [0.2, 0.25) is 0 Å². The van der Waals surface area contributed by atoms with Gasteiger partial charge >= 0.3 is 0 Å². The van der Waals surface area contributed by atoms with Crippen molar-refractivity contribution in [1.29, 1.82) is 0 Å². The molecular formula is C16H23NO2. The monoisotopic (exact) mass is 261 g/mol. The first-order valence-corrected chi connectivity index (χ1v) is 7.43. The number of fused-ring (bicyclic) bond motifs is 1. The quantitative estimate of drug-likeness (QED) is 0.905. The minimum atomic E-state index is 0.0565.